The molecule has 2 atom stereocenters. The maximum absolute atomic E-state index is 6.41. The third-order valence-electron chi connectivity index (χ3n) is 5.99. The molecule has 0 fully saturated rings. The Morgan fingerprint density at radius 2 is 1.17 bits per heavy atom. The first-order valence-electron chi connectivity index (χ1n) is 11.6. The van der Waals surface area contributed by atoms with Crippen LogP contribution in [0.15, 0.2) is 11.0 Å². The molecule has 2 aromatic heterocycles. The highest BCUT2D eigenvalue weighted by Gasteiger charge is 2.22. The second kappa shape index (κ2) is 11.8. The van der Waals surface area contributed by atoms with E-state index in [1.807, 2.05) is 11.0 Å². The van der Waals surface area contributed by atoms with E-state index in [9.17, 15) is 0 Å². The Bertz CT molecular complexity index is 785. The molecule has 3 aromatic rings. The highest BCUT2D eigenvalue weighted by atomic mass is 32.1. The summed E-state index contributed by atoms with van der Waals surface area (Å²) in [6.45, 7) is 10.5. The van der Waals surface area contributed by atoms with Gasteiger partial charge in [-0.25, -0.2) is 9.97 Å². The quantitative estimate of drug-likeness (QED) is 0.250. The molecule has 0 spiro atoms. The third-order valence-corrected chi connectivity index (χ3v) is 7.64. The van der Waals surface area contributed by atoms with Crippen molar-refractivity contribution < 1.29 is 9.47 Å². The Labute approximate surface area is 189 Å². The van der Waals surface area contributed by atoms with Crippen LogP contribution < -0.4 is 9.47 Å². The number of benzene rings is 1. The maximum Gasteiger partial charge on any atom is 0.166 e. The lowest BCUT2D eigenvalue weighted by molar-refractivity contribution is 0.234. The lowest BCUT2D eigenvalue weighted by Crippen LogP contribution is -2.13. The summed E-state index contributed by atoms with van der Waals surface area (Å²) in [7, 11) is 0. The lowest BCUT2D eigenvalue weighted by Gasteiger charge is -2.18. The lowest BCUT2D eigenvalue weighted by atomic mass is 10.0. The van der Waals surface area contributed by atoms with E-state index >= 15 is 0 Å². The van der Waals surface area contributed by atoms with Gasteiger partial charge in [-0.3, -0.25) is 0 Å². The van der Waals surface area contributed by atoms with E-state index in [1.165, 1.54) is 38.5 Å². The Morgan fingerprint density at radius 1 is 0.733 bits per heavy atom. The van der Waals surface area contributed by atoms with Crippen LogP contribution >= 0.6 is 22.7 Å². The predicted octanol–water partition coefficient (Wildman–Crippen LogP) is 8.10. The van der Waals surface area contributed by atoms with Gasteiger partial charge >= 0.3 is 0 Å². The summed E-state index contributed by atoms with van der Waals surface area (Å²) >= 11 is 3.25. The Hall–Kier alpha value is -1.40. The molecule has 0 bridgehead atoms. The Morgan fingerprint density at radius 3 is 1.53 bits per heavy atom. The number of rotatable bonds is 14. The summed E-state index contributed by atoms with van der Waals surface area (Å²) in [6.07, 6.45) is 9.70. The maximum atomic E-state index is 6.41. The number of thiazole rings is 2. The van der Waals surface area contributed by atoms with Crippen molar-refractivity contribution in [2.24, 2.45) is 11.8 Å². The molecular formula is C24H36N2O2S2. The fraction of sp³-hybridized carbons (Fsp3) is 0.667. The number of hydrogen-bond donors (Lipinski definition) is 0. The summed E-state index contributed by atoms with van der Waals surface area (Å²) in [6, 6.07) is 0. The molecule has 6 heteroatoms. The molecule has 2 heterocycles. The van der Waals surface area contributed by atoms with Gasteiger partial charge < -0.3 is 9.47 Å². The molecule has 0 aliphatic carbocycles. The average Bonchev–Trinajstić information content (AvgIpc) is 3.44. The second-order valence-corrected chi connectivity index (χ2v) is 9.88. The van der Waals surface area contributed by atoms with Crippen LogP contribution in [0.5, 0.6) is 11.5 Å². The average molecular weight is 449 g/mol. The number of unbranched alkanes of at least 4 members (excludes halogenated alkanes) is 2. The Kier molecular flexibility index (Phi) is 9.19. The molecule has 0 saturated carbocycles. The van der Waals surface area contributed by atoms with Crippen molar-refractivity contribution in [3.63, 3.8) is 0 Å². The van der Waals surface area contributed by atoms with E-state index in [-0.39, 0.29) is 0 Å². The third kappa shape index (κ3) is 5.44. The highest BCUT2D eigenvalue weighted by molar-refractivity contribution is 7.19. The van der Waals surface area contributed by atoms with Crippen molar-refractivity contribution in [1.29, 1.82) is 0 Å². The zero-order valence-corrected chi connectivity index (χ0v) is 20.5. The summed E-state index contributed by atoms with van der Waals surface area (Å²) in [5.41, 5.74) is 5.66. The first kappa shape index (κ1) is 23.3. The van der Waals surface area contributed by atoms with Crippen LogP contribution in [0.25, 0.3) is 20.4 Å². The van der Waals surface area contributed by atoms with Crippen molar-refractivity contribution in [2.45, 2.75) is 79.1 Å². The van der Waals surface area contributed by atoms with Gasteiger partial charge in [0.15, 0.2) is 11.5 Å². The molecule has 0 radical (unpaired) electrons. The largest absolute Gasteiger partial charge is 0.489 e. The molecule has 0 aliphatic rings. The van der Waals surface area contributed by atoms with E-state index in [0.29, 0.717) is 11.8 Å². The van der Waals surface area contributed by atoms with Crippen molar-refractivity contribution in [1.82, 2.24) is 9.97 Å². The molecule has 0 N–H and O–H groups in total. The molecule has 30 heavy (non-hydrogen) atoms. The summed E-state index contributed by atoms with van der Waals surface area (Å²) in [5.74, 6) is 2.95. The number of ether oxygens (including phenoxy) is 2. The minimum Gasteiger partial charge on any atom is -0.489 e. The highest BCUT2D eigenvalue weighted by Crippen LogP contribution is 2.45. The molecule has 4 nitrogen and oxygen atoms in total. The molecule has 2 unspecified atom stereocenters. The first-order chi connectivity index (χ1) is 14.7. The topological polar surface area (TPSA) is 44.2 Å². The number of fused-ring (bicyclic) bond motifs is 2. The van der Waals surface area contributed by atoms with Crippen LogP contribution in [0, 0.1) is 11.8 Å². The van der Waals surface area contributed by atoms with Crippen LogP contribution in [0.1, 0.15) is 79.1 Å². The van der Waals surface area contributed by atoms with Crippen LogP contribution in [-0.4, -0.2) is 23.2 Å². The normalized spacial score (nSPS) is 13.7. The Balaban J connectivity index is 1.85. The smallest absolute Gasteiger partial charge is 0.166 e. The summed E-state index contributed by atoms with van der Waals surface area (Å²) in [5, 5.41) is 0. The zero-order chi connectivity index (χ0) is 21.3. The van der Waals surface area contributed by atoms with Crippen molar-refractivity contribution >= 4 is 43.1 Å². The minimum absolute atomic E-state index is 0.585. The van der Waals surface area contributed by atoms with Gasteiger partial charge in [0.25, 0.3) is 0 Å². The molecule has 0 amide bonds. The van der Waals surface area contributed by atoms with Crippen LogP contribution in [0.3, 0.4) is 0 Å². The standard InChI is InChI=1S/C24H36N2O2S2/c1-5-9-11-17(7-3)13-27-21-19-24(30-15-25-19)22(20-23(21)29-16-26-20)28-14-18(8-4)12-10-6-2/h15-18H,5-14H2,1-4H3. The number of hydrogen-bond acceptors (Lipinski definition) is 6. The van der Waals surface area contributed by atoms with Crippen LogP contribution in [0.2, 0.25) is 0 Å². The molecular weight excluding hydrogens is 412 g/mol. The van der Waals surface area contributed by atoms with E-state index in [0.717, 1.165) is 58.0 Å². The number of nitrogens with zero attached hydrogens (tertiary/aromatic N) is 2. The first-order valence-corrected chi connectivity index (χ1v) is 13.4. The van der Waals surface area contributed by atoms with Crippen LogP contribution in [0.4, 0.5) is 0 Å². The predicted molar refractivity (Wildman–Crippen MR) is 130 cm³/mol. The molecule has 0 aliphatic heterocycles. The molecule has 3 rings (SSSR count). The van der Waals surface area contributed by atoms with Gasteiger partial charge in [0.1, 0.15) is 20.4 Å². The van der Waals surface area contributed by atoms with E-state index < -0.39 is 0 Å². The minimum atomic E-state index is 0.585. The van der Waals surface area contributed by atoms with Gasteiger partial charge in [-0.05, 0) is 24.7 Å². The van der Waals surface area contributed by atoms with E-state index in [4.69, 9.17) is 9.47 Å². The van der Waals surface area contributed by atoms with Gasteiger partial charge in [0, 0.05) is 0 Å². The van der Waals surface area contributed by atoms with E-state index in [2.05, 4.69) is 37.7 Å². The molecule has 1 aromatic carbocycles. The van der Waals surface area contributed by atoms with Crippen molar-refractivity contribution in [3.8, 4) is 11.5 Å². The monoisotopic (exact) mass is 448 g/mol. The van der Waals surface area contributed by atoms with Crippen LogP contribution in [-0.2, 0) is 0 Å². The van der Waals surface area contributed by atoms with Crippen molar-refractivity contribution in [3.05, 3.63) is 11.0 Å². The van der Waals surface area contributed by atoms with Gasteiger partial charge in [-0.2, -0.15) is 0 Å². The van der Waals surface area contributed by atoms with Gasteiger partial charge in [0.2, 0.25) is 0 Å². The summed E-state index contributed by atoms with van der Waals surface area (Å²) in [4.78, 5) is 9.33. The SMILES string of the molecule is CCCCC(CC)COc1c2ncsc2c(OCC(CC)CCCC)c2ncsc12. The fourth-order valence-electron chi connectivity index (χ4n) is 3.82. The van der Waals surface area contributed by atoms with E-state index in [1.54, 1.807) is 22.7 Å². The zero-order valence-electron chi connectivity index (χ0n) is 18.9. The van der Waals surface area contributed by atoms with Crippen molar-refractivity contribution in [2.75, 3.05) is 13.2 Å². The fourth-order valence-corrected chi connectivity index (χ4v) is 5.39. The molecule has 0 saturated heterocycles. The molecule has 166 valence electrons. The van der Waals surface area contributed by atoms with Gasteiger partial charge in [0.05, 0.1) is 24.2 Å². The van der Waals surface area contributed by atoms with Gasteiger partial charge in [-0.1, -0.05) is 66.2 Å². The number of aromatic nitrogens is 2. The second-order valence-electron chi connectivity index (χ2n) is 8.17. The summed E-state index contributed by atoms with van der Waals surface area (Å²) < 4.78 is 15.0. The van der Waals surface area contributed by atoms with Gasteiger partial charge in [-0.15, -0.1) is 22.7 Å².